The summed E-state index contributed by atoms with van der Waals surface area (Å²) < 4.78 is 1.58. The molecule has 0 fully saturated rings. The summed E-state index contributed by atoms with van der Waals surface area (Å²) in [5.74, 6) is 0.465. The molecular formula is C19H19N5O. The predicted molar refractivity (Wildman–Crippen MR) is 93.1 cm³/mol. The number of tetrazole rings is 1. The van der Waals surface area contributed by atoms with E-state index in [1.54, 1.807) is 11.0 Å². The molecule has 4 rings (SSSR count). The molecule has 1 heterocycles. The maximum Gasteiger partial charge on any atom is 0.224 e. The van der Waals surface area contributed by atoms with Gasteiger partial charge in [-0.25, -0.2) is 4.68 Å². The van der Waals surface area contributed by atoms with Gasteiger partial charge >= 0.3 is 0 Å². The zero-order valence-electron chi connectivity index (χ0n) is 14.0. The van der Waals surface area contributed by atoms with E-state index >= 15 is 0 Å². The van der Waals surface area contributed by atoms with E-state index < -0.39 is 0 Å². The van der Waals surface area contributed by atoms with Gasteiger partial charge in [-0.3, -0.25) is 4.79 Å². The number of carbonyl (C=O) groups is 1. The summed E-state index contributed by atoms with van der Waals surface area (Å²) in [6.45, 7) is 2.19. The quantitative estimate of drug-likeness (QED) is 0.795. The molecule has 0 saturated heterocycles. The summed E-state index contributed by atoms with van der Waals surface area (Å²) >= 11 is 0. The van der Waals surface area contributed by atoms with E-state index in [4.69, 9.17) is 0 Å². The molecule has 0 unspecified atom stereocenters. The maximum absolute atomic E-state index is 12.5. The first-order valence-corrected chi connectivity index (χ1v) is 8.40. The van der Waals surface area contributed by atoms with Crippen molar-refractivity contribution >= 4 is 5.91 Å². The standard InChI is InChI=1S/C19H19N5O/c1-13-10-15-4-2-3-5-17(15)19(13)21-18(25)11-14-6-8-16(9-7-14)24-12-20-22-23-24/h2-9,12-13,19H,10-11H2,1H3,(H,21,25)/t13-,19+/m0/s1. The summed E-state index contributed by atoms with van der Waals surface area (Å²) in [4.78, 5) is 12.5. The molecule has 0 spiro atoms. The van der Waals surface area contributed by atoms with Gasteiger partial charge in [-0.1, -0.05) is 43.3 Å². The molecule has 0 aliphatic heterocycles. The third-order valence-electron chi connectivity index (χ3n) is 4.73. The van der Waals surface area contributed by atoms with Crippen molar-refractivity contribution in [2.75, 3.05) is 0 Å². The number of amides is 1. The summed E-state index contributed by atoms with van der Waals surface area (Å²) in [5.41, 5.74) is 4.42. The Labute approximate surface area is 145 Å². The molecule has 6 nitrogen and oxygen atoms in total. The second kappa shape index (κ2) is 6.47. The molecule has 25 heavy (non-hydrogen) atoms. The Bertz CT molecular complexity index is 873. The van der Waals surface area contributed by atoms with Crippen molar-refractivity contribution in [2.45, 2.75) is 25.8 Å². The van der Waals surface area contributed by atoms with Crippen LogP contribution in [-0.2, 0) is 17.6 Å². The van der Waals surface area contributed by atoms with Crippen LogP contribution in [0.15, 0.2) is 54.9 Å². The number of rotatable bonds is 4. The Morgan fingerprint density at radius 3 is 2.76 bits per heavy atom. The third-order valence-corrected chi connectivity index (χ3v) is 4.73. The van der Waals surface area contributed by atoms with Crippen molar-refractivity contribution in [2.24, 2.45) is 5.92 Å². The highest BCUT2D eigenvalue weighted by Gasteiger charge is 2.29. The molecular weight excluding hydrogens is 314 g/mol. The Morgan fingerprint density at radius 2 is 2.00 bits per heavy atom. The number of hydrogen-bond acceptors (Lipinski definition) is 4. The summed E-state index contributed by atoms with van der Waals surface area (Å²) in [6, 6.07) is 16.1. The minimum atomic E-state index is 0.0451. The van der Waals surface area contributed by atoms with Crippen molar-refractivity contribution in [3.05, 3.63) is 71.5 Å². The number of nitrogens with one attached hydrogen (secondary N) is 1. The first kappa shape index (κ1) is 15.5. The topological polar surface area (TPSA) is 72.7 Å². The van der Waals surface area contributed by atoms with E-state index in [1.165, 1.54) is 11.1 Å². The van der Waals surface area contributed by atoms with Gasteiger partial charge in [0, 0.05) is 0 Å². The number of aromatic nitrogens is 4. The molecule has 0 saturated carbocycles. The van der Waals surface area contributed by atoms with E-state index in [-0.39, 0.29) is 11.9 Å². The van der Waals surface area contributed by atoms with Gasteiger partial charge in [-0.2, -0.15) is 0 Å². The van der Waals surface area contributed by atoms with Crippen LogP contribution in [0.25, 0.3) is 5.69 Å². The molecule has 3 aromatic rings. The minimum Gasteiger partial charge on any atom is -0.349 e. The van der Waals surface area contributed by atoms with Crippen LogP contribution >= 0.6 is 0 Å². The van der Waals surface area contributed by atoms with Crippen molar-refractivity contribution in [1.29, 1.82) is 0 Å². The van der Waals surface area contributed by atoms with Gasteiger partial charge in [0.15, 0.2) is 0 Å². The molecule has 1 aromatic heterocycles. The van der Waals surface area contributed by atoms with Crippen LogP contribution in [0, 0.1) is 5.92 Å². The lowest BCUT2D eigenvalue weighted by Crippen LogP contribution is -2.31. The lowest BCUT2D eigenvalue weighted by molar-refractivity contribution is -0.121. The zero-order chi connectivity index (χ0) is 17.2. The highest BCUT2D eigenvalue weighted by atomic mass is 16.1. The fourth-order valence-corrected chi connectivity index (χ4v) is 3.47. The van der Waals surface area contributed by atoms with E-state index in [9.17, 15) is 4.79 Å². The fourth-order valence-electron chi connectivity index (χ4n) is 3.47. The predicted octanol–water partition coefficient (Wildman–Crippen LogP) is 2.25. The lowest BCUT2D eigenvalue weighted by atomic mass is 10.0. The van der Waals surface area contributed by atoms with Crippen molar-refractivity contribution in [1.82, 2.24) is 25.5 Å². The van der Waals surface area contributed by atoms with Crippen molar-refractivity contribution < 1.29 is 4.79 Å². The lowest BCUT2D eigenvalue weighted by Gasteiger charge is -2.19. The average molecular weight is 333 g/mol. The van der Waals surface area contributed by atoms with Gasteiger partial charge in [-0.05, 0) is 51.6 Å². The Kier molecular flexibility index (Phi) is 4.01. The smallest absolute Gasteiger partial charge is 0.224 e. The molecule has 1 N–H and O–H groups in total. The number of carbonyl (C=O) groups excluding carboxylic acids is 1. The van der Waals surface area contributed by atoms with Crippen LogP contribution in [0.5, 0.6) is 0 Å². The first-order valence-electron chi connectivity index (χ1n) is 8.40. The molecule has 2 atom stereocenters. The largest absolute Gasteiger partial charge is 0.349 e. The number of benzene rings is 2. The van der Waals surface area contributed by atoms with Gasteiger partial charge in [-0.15, -0.1) is 5.10 Å². The van der Waals surface area contributed by atoms with Gasteiger partial charge in [0.2, 0.25) is 5.91 Å². The summed E-state index contributed by atoms with van der Waals surface area (Å²) in [7, 11) is 0. The van der Waals surface area contributed by atoms with E-state index in [1.807, 2.05) is 30.3 Å². The zero-order valence-corrected chi connectivity index (χ0v) is 14.0. The summed E-state index contributed by atoms with van der Waals surface area (Å²) in [5, 5.41) is 14.3. The average Bonchev–Trinajstić information content (AvgIpc) is 3.25. The fraction of sp³-hybridized carbons (Fsp3) is 0.263. The second-order valence-electron chi connectivity index (χ2n) is 6.52. The van der Waals surface area contributed by atoms with Crippen LogP contribution in [0.3, 0.4) is 0 Å². The van der Waals surface area contributed by atoms with E-state index in [0.29, 0.717) is 12.3 Å². The van der Waals surface area contributed by atoms with Crippen molar-refractivity contribution in [3.8, 4) is 5.69 Å². The van der Waals surface area contributed by atoms with Crippen LogP contribution in [0.4, 0.5) is 0 Å². The summed E-state index contributed by atoms with van der Waals surface area (Å²) in [6.07, 6.45) is 2.92. The molecule has 0 bridgehead atoms. The molecule has 126 valence electrons. The number of fused-ring (bicyclic) bond motifs is 1. The van der Waals surface area contributed by atoms with Gasteiger partial charge < -0.3 is 5.32 Å². The van der Waals surface area contributed by atoms with E-state index in [0.717, 1.165) is 17.7 Å². The molecule has 1 amide bonds. The van der Waals surface area contributed by atoms with Crippen LogP contribution in [0.1, 0.15) is 29.7 Å². The van der Waals surface area contributed by atoms with Gasteiger partial charge in [0.1, 0.15) is 6.33 Å². The van der Waals surface area contributed by atoms with Gasteiger partial charge in [0.25, 0.3) is 0 Å². The number of nitrogens with zero attached hydrogens (tertiary/aromatic N) is 4. The molecule has 6 heteroatoms. The Hall–Kier alpha value is -3.02. The Balaban J connectivity index is 1.42. The molecule has 1 aliphatic carbocycles. The SMILES string of the molecule is C[C@H]1Cc2ccccc2[C@@H]1NC(=O)Cc1ccc(-n2cnnn2)cc1. The molecule has 0 radical (unpaired) electrons. The monoisotopic (exact) mass is 333 g/mol. The minimum absolute atomic E-state index is 0.0451. The highest BCUT2D eigenvalue weighted by molar-refractivity contribution is 5.79. The van der Waals surface area contributed by atoms with Crippen LogP contribution in [0.2, 0.25) is 0 Å². The van der Waals surface area contributed by atoms with Gasteiger partial charge in [0.05, 0.1) is 18.2 Å². The van der Waals surface area contributed by atoms with E-state index in [2.05, 4.69) is 46.0 Å². The normalized spacial score (nSPS) is 18.8. The molecule has 2 aromatic carbocycles. The highest BCUT2D eigenvalue weighted by Crippen LogP contribution is 2.35. The van der Waals surface area contributed by atoms with Crippen LogP contribution in [-0.4, -0.2) is 26.1 Å². The maximum atomic E-state index is 12.5. The number of hydrogen-bond donors (Lipinski definition) is 1. The first-order chi connectivity index (χ1) is 12.2. The van der Waals surface area contributed by atoms with Crippen LogP contribution < -0.4 is 5.32 Å². The molecule has 1 aliphatic rings. The third kappa shape index (κ3) is 3.15. The Morgan fingerprint density at radius 1 is 1.20 bits per heavy atom. The second-order valence-corrected chi connectivity index (χ2v) is 6.52. The van der Waals surface area contributed by atoms with Crippen molar-refractivity contribution in [3.63, 3.8) is 0 Å².